The summed E-state index contributed by atoms with van der Waals surface area (Å²) in [6.07, 6.45) is 3.56. The predicted octanol–water partition coefficient (Wildman–Crippen LogP) is 3.57. The third-order valence-corrected chi connectivity index (χ3v) is 5.46. The summed E-state index contributed by atoms with van der Waals surface area (Å²) in [6.45, 7) is 1.34. The predicted molar refractivity (Wildman–Crippen MR) is 101 cm³/mol. The van der Waals surface area contributed by atoms with Crippen molar-refractivity contribution in [1.82, 2.24) is 9.88 Å². The first-order chi connectivity index (χ1) is 11.2. The van der Waals surface area contributed by atoms with Gasteiger partial charge >= 0.3 is 0 Å². The van der Waals surface area contributed by atoms with Crippen molar-refractivity contribution in [3.8, 4) is 0 Å². The van der Waals surface area contributed by atoms with Crippen LogP contribution in [-0.2, 0) is 12.8 Å². The highest BCUT2D eigenvalue weighted by molar-refractivity contribution is 7.09. The van der Waals surface area contributed by atoms with E-state index in [1.165, 1.54) is 11.3 Å². The number of amides is 1. The molecule has 0 saturated carbocycles. The minimum absolute atomic E-state index is 0. The summed E-state index contributed by atoms with van der Waals surface area (Å²) in [5.41, 5.74) is 7.19. The van der Waals surface area contributed by atoms with Crippen molar-refractivity contribution in [2.75, 3.05) is 13.1 Å². The summed E-state index contributed by atoms with van der Waals surface area (Å²) in [5.74, 6) is 0.0269. The fraction of sp³-hybridized carbons (Fsp3) is 0.412. The first-order valence-corrected chi connectivity index (χ1v) is 9.13. The third-order valence-electron chi connectivity index (χ3n) is 4.18. The Hall–Kier alpha value is -1.14. The quantitative estimate of drug-likeness (QED) is 0.855. The number of thiazole rings is 1. The summed E-state index contributed by atoms with van der Waals surface area (Å²) in [5, 5.41) is 3.54. The maximum Gasteiger partial charge on any atom is 0.273 e. The second-order valence-electron chi connectivity index (χ2n) is 5.76. The third kappa shape index (κ3) is 4.28. The molecule has 130 valence electrons. The summed E-state index contributed by atoms with van der Waals surface area (Å²) < 4.78 is 0. The van der Waals surface area contributed by atoms with Gasteiger partial charge in [-0.25, -0.2) is 4.98 Å². The molecule has 2 heterocycles. The zero-order chi connectivity index (χ0) is 16.2. The van der Waals surface area contributed by atoms with Crippen molar-refractivity contribution >= 4 is 41.3 Å². The van der Waals surface area contributed by atoms with Crippen LogP contribution in [0.5, 0.6) is 0 Å². The summed E-state index contributed by atoms with van der Waals surface area (Å²) in [7, 11) is 0. The highest BCUT2D eigenvalue weighted by Gasteiger charge is 2.31. The number of carbonyl (C=O) groups excluding carboxylic acids is 1. The second kappa shape index (κ2) is 8.81. The fourth-order valence-corrected chi connectivity index (χ4v) is 4.03. The van der Waals surface area contributed by atoms with Gasteiger partial charge in [0.25, 0.3) is 5.91 Å². The molecule has 7 heteroatoms. The van der Waals surface area contributed by atoms with Crippen LogP contribution in [0.2, 0.25) is 5.02 Å². The van der Waals surface area contributed by atoms with Crippen LogP contribution in [0.3, 0.4) is 0 Å². The van der Waals surface area contributed by atoms with Crippen LogP contribution >= 0.6 is 35.3 Å². The Kier molecular flexibility index (Phi) is 7.04. The van der Waals surface area contributed by atoms with E-state index in [1.807, 2.05) is 34.5 Å². The van der Waals surface area contributed by atoms with Gasteiger partial charge in [-0.15, -0.1) is 23.7 Å². The van der Waals surface area contributed by atoms with E-state index in [9.17, 15) is 4.79 Å². The van der Waals surface area contributed by atoms with Gasteiger partial charge in [-0.3, -0.25) is 4.79 Å². The molecule has 1 unspecified atom stereocenters. The molecule has 0 radical (unpaired) electrons. The zero-order valence-electron chi connectivity index (χ0n) is 13.3. The SMILES string of the molecule is Cl.NCCc1nc(C(=O)N2CCCC2Cc2ccccc2Cl)cs1. The minimum Gasteiger partial charge on any atom is -0.334 e. The standard InChI is InChI=1S/C17H20ClN3OS.ClH/c18-14-6-2-1-4-12(14)10-13-5-3-9-21(13)17(22)15-11-23-16(20-15)7-8-19;/h1-2,4,6,11,13H,3,5,7-10,19H2;1H. The average Bonchev–Trinajstić information content (AvgIpc) is 3.19. The molecular weight excluding hydrogens is 365 g/mol. The van der Waals surface area contributed by atoms with E-state index in [2.05, 4.69) is 4.98 Å². The lowest BCUT2D eigenvalue weighted by molar-refractivity contribution is 0.0731. The van der Waals surface area contributed by atoms with Gasteiger partial charge in [0.1, 0.15) is 5.69 Å². The Morgan fingerprint density at radius 2 is 2.21 bits per heavy atom. The van der Waals surface area contributed by atoms with E-state index in [0.29, 0.717) is 12.2 Å². The van der Waals surface area contributed by atoms with Crippen LogP contribution in [0.1, 0.15) is 33.9 Å². The monoisotopic (exact) mass is 385 g/mol. The molecule has 0 bridgehead atoms. The summed E-state index contributed by atoms with van der Waals surface area (Å²) in [6, 6.07) is 8.05. The minimum atomic E-state index is 0. The molecular formula is C17H21Cl2N3OS. The van der Waals surface area contributed by atoms with Crippen LogP contribution < -0.4 is 5.73 Å². The molecule has 3 rings (SSSR count). The molecule has 2 N–H and O–H groups in total. The number of hydrogen-bond donors (Lipinski definition) is 1. The largest absolute Gasteiger partial charge is 0.334 e. The van der Waals surface area contributed by atoms with E-state index in [-0.39, 0.29) is 24.4 Å². The molecule has 1 aliphatic rings. The molecule has 1 atom stereocenters. The number of benzene rings is 1. The number of aromatic nitrogens is 1. The lowest BCUT2D eigenvalue weighted by atomic mass is 10.0. The summed E-state index contributed by atoms with van der Waals surface area (Å²) >= 11 is 7.77. The lowest BCUT2D eigenvalue weighted by Gasteiger charge is -2.24. The topological polar surface area (TPSA) is 59.2 Å². The Balaban J connectivity index is 0.00000208. The Bertz CT molecular complexity index is 692. The summed E-state index contributed by atoms with van der Waals surface area (Å²) in [4.78, 5) is 19.1. The van der Waals surface area contributed by atoms with E-state index in [4.69, 9.17) is 17.3 Å². The molecule has 0 aliphatic carbocycles. The van der Waals surface area contributed by atoms with Crippen molar-refractivity contribution in [3.63, 3.8) is 0 Å². The van der Waals surface area contributed by atoms with Crippen molar-refractivity contribution in [3.05, 3.63) is 50.9 Å². The number of halogens is 2. The van der Waals surface area contributed by atoms with Gasteiger partial charge in [0.05, 0.1) is 5.01 Å². The van der Waals surface area contributed by atoms with Gasteiger partial charge in [-0.2, -0.15) is 0 Å². The van der Waals surface area contributed by atoms with Crippen LogP contribution in [0.4, 0.5) is 0 Å². The number of likely N-dealkylation sites (tertiary alicyclic amines) is 1. The van der Waals surface area contributed by atoms with E-state index in [1.54, 1.807) is 0 Å². The molecule has 2 aromatic rings. The van der Waals surface area contributed by atoms with Crippen molar-refractivity contribution in [2.45, 2.75) is 31.7 Å². The van der Waals surface area contributed by atoms with Gasteiger partial charge < -0.3 is 10.6 Å². The van der Waals surface area contributed by atoms with E-state index >= 15 is 0 Å². The number of rotatable bonds is 5. The van der Waals surface area contributed by atoms with Gasteiger partial charge in [-0.05, 0) is 37.4 Å². The van der Waals surface area contributed by atoms with Crippen molar-refractivity contribution < 1.29 is 4.79 Å². The van der Waals surface area contributed by atoms with E-state index in [0.717, 1.165) is 47.8 Å². The highest BCUT2D eigenvalue weighted by Crippen LogP contribution is 2.26. The number of nitrogens with zero attached hydrogens (tertiary/aromatic N) is 2. The first kappa shape index (κ1) is 19.2. The molecule has 1 aromatic carbocycles. The van der Waals surface area contributed by atoms with Gasteiger partial charge in [0.2, 0.25) is 0 Å². The zero-order valence-corrected chi connectivity index (χ0v) is 15.7. The van der Waals surface area contributed by atoms with Crippen molar-refractivity contribution in [1.29, 1.82) is 0 Å². The highest BCUT2D eigenvalue weighted by atomic mass is 35.5. The lowest BCUT2D eigenvalue weighted by Crippen LogP contribution is -2.37. The second-order valence-corrected chi connectivity index (χ2v) is 7.11. The molecule has 0 spiro atoms. The number of carbonyl (C=O) groups is 1. The molecule has 24 heavy (non-hydrogen) atoms. The Labute approximate surface area is 157 Å². The first-order valence-electron chi connectivity index (χ1n) is 7.88. The molecule has 1 aliphatic heterocycles. The van der Waals surface area contributed by atoms with Gasteiger partial charge in [0, 0.05) is 29.4 Å². The Morgan fingerprint density at radius 3 is 2.96 bits per heavy atom. The maximum atomic E-state index is 12.8. The van der Waals surface area contributed by atoms with Gasteiger partial charge in [0.15, 0.2) is 0 Å². The van der Waals surface area contributed by atoms with Crippen LogP contribution in [0.15, 0.2) is 29.6 Å². The molecule has 1 saturated heterocycles. The van der Waals surface area contributed by atoms with E-state index < -0.39 is 0 Å². The molecule has 4 nitrogen and oxygen atoms in total. The Morgan fingerprint density at radius 1 is 1.42 bits per heavy atom. The smallest absolute Gasteiger partial charge is 0.273 e. The van der Waals surface area contributed by atoms with Gasteiger partial charge in [-0.1, -0.05) is 29.8 Å². The molecule has 1 amide bonds. The molecule has 1 fully saturated rings. The number of hydrogen-bond acceptors (Lipinski definition) is 4. The average molecular weight is 386 g/mol. The van der Waals surface area contributed by atoms with Crippen LogP contribution in [0.25, 0.3) is 0 Å². The normalized spacial score (nSPS) is 16.9. The van der Waals surface area contributed by atoms with Crippen LogP contribution in [0, 0.1) is 0 Å². The fourth-order valence-electron chi connectivity index (χ4n) is 3.03. The molecule has 1 aromatic heterocycles. The maximum absolute atomic E-state index is 12.8. The number of nitrogens with two attached hydrogens (primary N) is 1. The van der Waals surface area contributed by atoms with Crippen molar-refractivity contribution in [2.24, 2.45) is 5.73 Å². The van der Waals surface area contributed by atoms with Crippen LogP contribution in [-0.4, -0.2) is 34.9 Å².